The van der Waals surface area contributed by atoms with Crippen molar-refractivity contribution >= 4 is 165 Å². The van der Waals surface area contributed by atoms with Gasteiger partial charge in [-0.3, -0.25) is 9.59 Å². The first kappa shape index (κ1) is 33.3. The van der Waals surface area contributed by atoms with Crippen LogP contribution in [0.1, 0.15) is 12.8 Å². The van der Waals surface area contributed by atoms with Crippen molar-refractivity contribution in [3.8, 4) is 0 Å². The molecule has 0 saturated carbocycles. The van der Waals surface area contributed by atoms with E-state index < -0.39 is 55.3 Å². The monoisotopic (exact) mass is 763 g/mol. The van der Waals surface area contributed by atoms with Crippen LogP contribution < -0.4 is 5.32 Å². The Labute approximate surface area is 220 Å². The van der Waals surface area contributed by atoms with Crippen LogP contribution in [0.4, 0.5) is 0 Å². The van der Waals surface area contributed by atoms with Crippen molar-refractivity contribution in [2.45, 2.75) is 18.9 Å². The Morgan fingerprint density at radius 1 is 0.897 bits per heavy atom. The summed E-state index contributed by atoms with van der Waals surface area (Å²) >= 11 is 47.3. The average molecular weight is 764 g/mol. The van der Waals surface area contributed by atoms with Gasteiger partial charge in [-0.05, 0) is 95.9 Å². The van der Waals surface area contributed by atoms with Crippen molar-refractivity contribution < 1.29 is 34.5 Å². The summed E-state index contributed by atoms with van der Waals surface area (Å²) in [7, 11) is 0. The van der Waals surface area contributed by atoms with Gasteiger partial charge in [0.1, 0.15) is 6.04 Å². The number of nitrogens with one attached hydrogen (secondary N) is 1. The van der Waals surface area contributed by atoms with E-state index in [1.54, 1.807) is 5.32 Å². The number of halogens is 1. The standard InChI is InChI=1S/C7H9NO7.HIS13/c9-4(10)2-1-3(6(12)13)8-5(11)7(14)15;1-11(2,3)13(7,8)14(9,10)12(4,5)6/h3H,1-2H2,(H,8,11)(H,9,10)(H,12,13)(H,14,15);(H,4,5,6)/t3-;/m0./s1. The fourth-order valence-corrected chi connectivity index (χ4v) is 60.0. The molecule has 8 nitrogen and oxygen atoms in total. The number of carbonyl (C=O) groups excluding carboxylic acids is 1. The molecule has 0 aromatic carbocycles. The Balaban J connectivity index is 0. The molecule has 0 aliphatic rings. The molecule has 22 heteroatoms. The topological polar surface area (TPSA) is 141 Å². The molecule has 1 atom stereocenters. The van der Waals surface area contributed by atoms with Crippen molar-refractivity contribution in [3.63, 3.8) is 0 Å². The maximum Gasteiger partial charge on any atom is 0.394 e. The lowest BCUT2D eigenvalue weighted by Gasteiger charge is -2.19. The highest BCUT2D eigenvalue weighted by Gasteiger charge is 2.25. The van der Waals surface area contributed by atoms with Gasteiger partial charge >= 0.3 is 23.8 Å². The van der Waals surface area contributed by atoms with E-state index in [9.17, 15) is 19.2 Å². The zero-order valence-electron chi connectivity index (χ0n) is 13.2. The Bertz CT molecular complexity index is 1040. The summed E-state index contributed by atoms with van der Waals surface area (Å²) < 4.78 is -2.03. The van der Waals surface area contributed by atoms with Crippen LogP contribution in [0.5, 0.6) is 0 Å². The van der Waals surface area contributed by atoms with Crippen LogP contribution in [0.25, 0.3) is 0 Å². The molecule has 0 aromatic rings. The molecule has 0 spiro atoms. The Morgan fingerprint density at radius 3 is 1.52 bits per heavy atom. The van der Waals surface area contributed by atoms with E-state index in [4.69, 9.17) is 105 Å². The van der Waals surface area contributed by atoms with Crippen LogP contribution >= 0.6 is 32.9 Å². The Morgan fingerprint density at radius 2 is 1.31 bits per heavy atom. The van der Waals surface area contributed by atoms with Crippen LogP contribution in [0.3, 0.4) is 0 Å². The van der Waals surface area contributed by atoms with Crippen molar-refractivity contribution in [2.24, 2.45) is 0 Å². The lowest BCUT2D eigenvalue weighted by atomic mass is 10.1. The van der Waals surface area contributed by atoms with Crippen molar-refractivity contribution in [2.75, 3.05) is 0 Å². The van der Waals surface area contributed by atoms with Gasteiger partial charge in [-0.15, -0.1) is 0 Å². The minimum atomic E-state index is -2.36. The molecule has 0 aromatic heterocycles. The number of rotatable bonds is 8. The third-order valence-corrected chi connectivity index (χ3v) is 70.1. The van der Waals surface area contributed by atoms with Crippen LogP contribution in [0.15, 0.2) is 0 Å². The number of carbonyl (C=O) groups is 4. The predicted octanol–water partition coefficient (Wildman–Crippen LogP) is -0.257. The van der Waals surface area contributed by atoms with Gasteiger partial charge in [-0.25, -0.2) is 9.59 Å². The average Bonchev–Trinajstić information content (AvgIpc) is 2.48. The number of carboxylic acid groups (broad SMARTS) is 3. The first-order chi connectivity index (χ1) is 12.6. The van der Waals surface area contributed by atoms with Gasteiger partial charge < -0.3 is 20.6 Å². The molecule has 4 N–H and O–H groups in total. The fraction of sp³-hybridized carbons (Fsp3) is 0.429. The molecule has 0 fully saturated rings. The van der Waals surface area contributed by atoms with Gasteiger partial charge in [0.05, 0.1) is 0 Å². The summed E-state index contributed by atoms with van der Waals surface area (Å²) in [5, 5.41) is 19.7. The minimum absolute atomic E-state index is 0.371. The predicted molar refractivity (Wildman–Crippen MR) is 155 cm³/mol. The molecular formula is C7H10INO7S13. The number of carboxylic acids is 3. The second-order valence-electron chi connectivity index (χ2n) is 4.24. The molecule has 0 heterocycles. The Kier molecular flexibility index (Phi) is 15.1. The van der Waals surface area contributed by atoms with Crippen LogP contribution in [0, 0.1) is 0 Å². The Hall–Kier alpha value is 2.12. The van der Waals surface area contributed by atoms with Gasteiger partial charge in [0, 0.05) is 46.6 Å². The zero-order chi connectivity index (χ0) is 24.0. The van der Waals surface area contributed by atoms with E-state index >= 15 is 0 Å². The fourth-order valence-electron chi connectivity index (χ4n) is 0.950. The molecule has 0 rings (SSSR count). The van der Waals surface area contributed by atoms with E-state index in [1.165, 1.54) is 0 Å². The van der Waals surface area contributed by atoms with Gasteiger partial charge in [0.2, 0.25) is 0 Å². The van der Waals surface area contributed by atoms with Crippen molar-refractivity contribution in [1.82, 2.24) is 5.32 Å². The largest absolute Gasteiger partial charge is 0.481 e. The number of aliphatic carboxylic acids is 3. The second-order valence-corrected chi connectivity index (χ2v) is 53.1. The van der Waals surface area contributed by atoms with Gasteiger partial charge in [-0.2, -0.15) is 0 Å². The highest BCUT2D eigenvalue weighted by molar-refractivity contribution is 14.2. The quantitative estimate of drug-likeness (QED) is 0.0729. The van der Waals surface area contributed by atoms with E-state index in [-0.39, 0.29) is 6.42 Å². The number of thiol groups is 1. The molecule has 0 unspecified atom stereocenters. The number of amides is 1. The van der Waals surface area contributed by atoms with Gasteiger partial charge in [0.25, 0.3) is 0 Å². The van der Waals surface area contributed by atoms with Crippen LogP contribution in [-0.4, -0.2) is 45.2 Å². The SMILES string of the molecule is O=C(O)CC[C@H](NC(=O)C(=O)O)C(=O)O.S=S(=S)(S)S(=S)(=S)S(=S)(=S)S(=S)(=S)I. The normalized spacial score (nSPS) is 13.3. The van der Waals surface area contributed by atoms with Crippen molar-refractivity contribution in [1.29, 1.82) is 0 Å². The minimum Gasteiger partial charge on any atom is -0.481 e. The summed E-state index contributed by atoms with van der Waals surface area (Å²) in [6.07, 6.45) is -0.847. The lowest BCUT2D eigenvalue weighted by Crippen LogP contribution is -2.44. The molecule has 29 heavy (non-hydrogen) atoms. The third-order valence-electron chi connectivity index (χ3n) is 2.20. The van der Waals surface area contributed by atoms with E-state index in [1.807, 2.05) is 21.2 Å². The van der Waals surface area contributed by atoms with E-state index in [0.717, 1.165) is 0 Å². The molecule has 0 aliphatic heterocycles. The van der Waals surface area contributed by atoms with Crippen LogP contribution in [0.2, 0.25) is 0 Å². The lowest BCUT2D eigenvalue weighted by molar-refractivity contribution is -0.152. The van der Waals surface area contributed by atoms with Gasteiger partial charge in [0.15, 0.2) is 0 Å². The van der Waals surface area contributed by atoms with Crippen LogP contribution in [-0.2, 0) is 128 Å². The van der Waals surface area contributed by atoms with Gasteiger partial charge in [-0.1, -0.05) is 11.7 Å². The smallest absolute Gasteiger partial charge is 0.394 e. The zero-order valence-corrected chi connectivity index (χ0v) is 26.0. The first-order valence-electron chi connectivity index (χ1n) is 6.00. The second kappa shape index (κ2) is 13.1. The summed E-state index contributed by atoms with van der Waals surface area (Å²) in [5.74, 6) is -6.01. The first-order valence-corrected chi connectivity index (χ1v) is 25.1. The van der Waals surface area contributed by atoms with Crippen molar-refractivity contribution in [3.05, 3.63) is 0 Å². The maximum atomic E-state index is 10.6. The third kappa shape index (κ3) is 11.2. The molecule has 170 valence electrons. The summed E-state index contributed by atoms with van der Waals surface area (Å²) in [5.41, 5.74) is 0. The highest BCUT2D eigenvalue weighted by atomic mass is 127. The summed E-state index contributed by atoms with van der Waals surface area (Å²) in [6, 6.07) is -1.51. The molecule has 0 aliphatic carbocycles. The number of hydrogen-bond acceptors (Lipinski definition) is 12. The molecule has 0 bridgehead atoms. The molecule has 0 radical (unpaired) electrons. The maximum absolute atomic E-state index is 10.6. The van der Waals surface area contributed by atoms with E-state index in [2.05, 4.69) is 11.7 Å². The number of hydrogen-bond donors (Lipinski definition) is 5. The van der Waals surface area contributed by atoms with E-state index in [0.29, 0.717) is 0 Å². The summed E-state index contributed by atoms with van der Waals surface area (Å²) in [6.45, 7) is 0. The molecule has 0 saturated heterocycles. The molecule has 1 amide bonds. The highest BCUT2D eigenvalue weighted by Crippen LogP contribution is 2.29. The summed E-state index contributed by atoms with van der Waals surface area (Å²) in [4.78, 5) is 41.2. The molecular weight excluding hydrogens is 754 g/mol.